The molecule has 0 aliphatic carbocycles. The Morgan fingerprint density at radius 1 is 1.18 bits per heavy atom. The molecule has 0 radical (unpaired) electrons. The highest BCUT2D eigenvalue weighted by molar-refractivity contribution is 5.22. The topological polar surface area (TPSA) is 42.4 Å². The summed E-state index contributed by atoms with van der Waals surface area (Å²) in [6.07, 6.45) is 9.26. The highest BCUT2D eigenvalue weighted by Gasteiger charge is 1.97. The van der Waals surface area contributed by atoms with Gasteiger partial charge in [0.2, 0.25) is 0 Å². The molecule has 0 aliphatic rings. The Morgan fingerprint density at radius 2 is 1.94 bits per heavy atom. The van der Waals surface area contributed by atoms with Gasteiger partial charge >= 0.3 is 0 Å². The van der Waals surface area contributed by atoms with Crippen LogP contribution in [-0.2, 0) is 6.61 Å². The Kier molecular flexibility index (Phi) is 7.39. The number of hydrogen-bond acceptors (Lipinski definition) is 3. The number of aliphatic hydroxyl groups is 1. The lowest BCUT2D eigenvalue weighted by Gasteiger charge is -2.06. The van der Waals surface area contributed by atoms with E-state index >= 15 is 0 Å². The van der Waals surface area contributed by atoms with E-state index in [-0.39, 0.29) is 6.61 Å². The summed E-state index contributed by atoms with van der Waals surface area (Å²) >= 11 is 0. The number of ether oxygens (including phenoxy) is 1. The fourth-order valence-corrected chi connectivity index (χ4v) is 1.70. The first-order valence-corrected chi connectivity index (χ1v) is 6.55. The standard InChI is InChI=1S/C14H23NO2/c1-2-3-4-5-6-7-10-17-14-8-9-15-13(11-14)12-16/h8-9,11,16H,2-7,10,12H2,1H3. The number of aliphatic hydroxyl groups excluding tert-OH is 1. The summed E-state index contributed by atoms with van der Waals surface area (Å²) in [4.78, 5) is 4.01. The zero-order valence-corrected chi connectivity index (χ0v) is 10.7. The van der Waals surface area contributed by atoms with Crippen LogP contribution in [0.3, 0.4) is 0 Å². The summed E-state index contributed by atoms with van der Waals surface area (Å²) in [6, 6.07) is 3.62. The molecule has 3 heteroatoms. The molecule has 0 fully saturated rings. The number of unbranched alkanes of at least 4 members (excludes halogenated alkanes) is 5. The maximum atomic E-state index is 8.94. The fourth-order valence-electron chi connectivity index (χ4n) is 1.70. The van der Waals surface area contributed by atoms with E-state index < -0.39 is 0 Å². The zero-order chi connectivity index (χ0) is 12.3. The van der Waals surface area contributed by atoms with E-state index in [4.69, 9.17) is 9.84 Å². The van der Waals surface area contributed by atoms with E-state index in [0.717, 1.165) is 18.8 Å². The van der Waals surface area contributed by atoms with Crippen molar-refractivity contribution in [1.29, 1.82) is 0 Å². The summed E-state index contributed by atoms with van der Waals surface area (Å²) in [5.41, 5.74) is 0.658. The minimum atomic E-state index is -0.0335. The van der Waals surface area contributed by atoms with Crippen LogP contribution in [-0.4, -0.2) is 16.7 Å². The zero-order valence-electron chi connectivity index (χ0n) is 10.7. The lowest BCUT2D eigenvalue weighted by molar-refractivity contribution is 0.273. The molecule has 0 saturated heterocycles. The molecule has 1 rings (SSSR count). The predicted octanol–water partition coefficient (Wildman–Crippen LogP) is 3.31. The third kappa shape index (κ3) is 6.27. The van der Waals surface area contributed by atoms with Crippen LogP contribution in [0.25, 0.3) is 0 Å². The van der Waals surface area contributed by atoms with E-state index in [1.165, 1.54) is 32.1 Å². The average molecular weight is 237 g/mol. The molecule has 0 aromatic carbocycles. The van der Waals surface area contributed by atoms with Crippen LogP contribution >= 0.6 is 0 Å². The van der Waals surface area contributed by atoms with Crippen LogP contribution in [0.15, 0.2) is 18.3 Å². The third-order valence-electron chi connectivity index (χ3n) is 2.72. The van der Waals surface area contributed by atoms with Gasteiger partial charge in [-0.15, -0.1) is 0 Å². The fraction of sp³-hybridized carbons (Fsp3) is 0.643. The molecular formula is C14H23NO2. The summed E-state index contributed by atoms with van der Waals surface area (Å²) in [7, 11) is 0. The number of pyridine rings is 1. The van der Waals surface area contributed by atoms with Gasteiger partial charge in [-0.3, -0.25) is 4.98 Å². The predicted molar refractivity (Wildman–Crippen MR) is 69.0 cm³/mol. The van der Waals surface area contributed by atoms with Crippen LogP contribution in [0.4, 0.5) is 0 Å². The number of rotatable bonds is 9. The summed E-state index contributed by atoms with van der Waals surface area (Å²) in [5.74, 6) is 0.803. The van der Waals surface area contributed by atoms with Gasteiger partial charge in [0.1, 0.15) is 5.75 Å². The molecule has 0 saturated carbocycles. The first kappa shape index (κ1) is 14.0. The largest absolute Gasteiger partial charge is 0.493 e. The third-order valence-corrected chi connectivity index (χ3v) is 2.72. The normalized spacial score (nSPS) is 10.5. The van der Waals surface area contributed by atoms with Crippen molar-refractivity contribution in [2.24, 2.45) is 0 Å². The lowest BCUT2D eigenvalue weighted by Crippen LogP contribution is -1.98. The van der Waals surface area contributed by atoms with Gasteiger partial charge in [0, 0.05) is 12.3 Å². The second-order valence-electron chi connectivity index (χ2n) is 4.26. The molecule has 0 atom stereocenters. The minimum Gasteiger partial charge on any atom is -0.493 e. The molecular weight excluding hydrogens is 214 g/mol. The van der Waals surface area contributed by atoms with Crippen molar-refractivity contribution < 1.29 is 9.84 Å². The molecule has 0 unspecified atom stereocenters. The molecule has 3 nitrogen and oxygen atoms in total. The minimum absolute atomic E-state index is 0.0335. The Hall–Kier alpha value is -1.09. The van der Waals surface area contributed by atoms with E-state index in [1.54, 1.807) is 12.3 Å². The lowest BCUT2D eigenvalue weighted by atomic mass is 10.1. The molecule has 1 N–H and O–H groups in total. The van der Waals surface area contributed by atoms with Crippen molar-refractivity contribution in [1.82, 2.24) is 4.98 Å². The van der Waals surface area contributed by atoms with Gasteiger partial charge in [-0.25, -0.2) is 0 Å². The van der Waals surface area contributed by atoms with Gasteiger partial charge in [-0.1, -0.05) is 39.0 Å². The molecule has 96 valence electrons. The average Bonchev–Trinajstić information content (AvgIpc) is 2.38. The molecule has 1 heterocycles. The molecule has 0 bridgehead atoms. The van der Waals surface area contributed by atoms with E-state index in [1.807, 2.05) is 6.07 Å². The number of hydrogen-bond donors (Lipinski definition) is 1. The maximum absolute atomic E-state index is 8.94. The van der Waals surface area contributed by atoms with E-state index in [2.05, 4.69) is 11.9 Å². The van der Waals surface area contributed by atoms with E-state index in [0.29, 0.717) is 5.69 Å². The van der Waals surface area contributed by atoms with Crippen LogP contribution in [0.2, 0.25) is 0 Å². The van der Waals surface area contributed by atoms with Crippen molar-refractivity contribution in [2.75, 3.05) is 6.61 Å². The highest BCUT2D eigenvalue weighted by Crippen LogP contribution is 2.12. The van der Waals surface area contributed by atoms with Crippen molar-refractivity contribution in [3.63, 3.8) is 0 Å². The first-order valence-electron chi connectivity index (χ1n) is 6.55. The van der Waals surface area contributed by atoms with Gasteiger partial charge in [0.05, 0.1) is 18.9 Å². The van der Waals surface area contributed by atoms with E-state index in [9.17, 15) is 0 Å². The summed E-state index contributed by atoms with van der Waals surface area (Å²) in [6.45, 7) is 2.94. The molecule has 0 spiro atoms. The monoisotopic (exact) mass is 237 g/mol. The second-order valence-corrected chi connectivity index (χ2v) is 4.26. The van der Waals surface area contributed by atoms with Gasteiger partial charge in [0.15, 0.2) is 0 Å². The van der Waals surface area contributed by atoms with Gasteiger partial charge in [-0.05, 0) is 12.5 Å². The van der Waals surface area contributed by atoms with Crippen LogP contribution in [0, 0.1) is 0 Å². The smallest absolute Gasteiger partial charge is 0.122 e. The van der Waals surface area contributed by atoms with Gasteiger partial charge in [-0.2, -0.15) is 0 Å². The quantitative estimate of drug-likeness (QED) is 0.670. The molecule has 0 aliphatic heterocycles. The van der Waals surface area contributed by atoms with Gasteiger partial charge in [0.25, 0.3) is 0 Å². The highest BCUT2D eigenvalue weighted by atomic mass is 16.5. The molecule has 17 heavy (non-hydrogen) atoms. The summed E-state index contributed by atoms with van der Waals surface area (Å²) < 4.78 is 5.60. The second kappa shape index (κ2) is 8.99. The molecule has 0 amide bonds. The van der Waals surface area contributed by atoms with Crippen molar-refractivity contribution >= 4 is 0 Å². The van der Waals surface area contributed by atoms with Crippen LogP contribution < -0.4 is 4.74 Å². The maximum Gasteiger partial charge on any atom is 0.122 e. The molecule has 1 aromatic heterocycles. The Bertz CT molecular complexity index is 302. The Labute approximate surface area is 104 Å². The molecule has 1 aromatic rings. The number of aromatic nitrogens is 1. The Balaban J connectivity index is 2.09. The number of nitrogens with zero attached hydrogens (tertiary/aromatic N) is 1. The summed E-state index contributed by atoms with van der Waals surface area (Å²) in [5, 5.41) is 8.94. The van der Waals surface area contributed by atoms with Crippen LogP contribution in [0.1, 0.15) is 51.1 Å². The van der Waals surface area contributed by atoms with Crippen molar-refractivity contribution in [2.45, 2.75) is 52.1 Å². The van der Waals surface area contributed by atoms with Crippen molar-refractivity contribution in [3.8, 4) is 5.75 Å². The van der Waals surface area contributed by atoms with Gasteiger partial charge < -0.3 is 9.84 Å². The SMILES string of the molecule is CCCCCCCCOc1ccnc(CO)c1. The van der Waals surface area contributed by atoms with Crippen molar-refractivity contribution in [3.05, 3.63) is 24.0 Å². The Morgan fingerprint density at radius 3 is 2.71 bits per heavy atom. The van der Waals surface area contributed by atoms with Crippen LogP contribution in [0.5, 0.6) is 5.75 Å². The first-order chi connectivity index (χ1) is 8.36.